The molecule has 0 saturated carbocycles. The number of fused-ring (bicyclic) bond motifs is 1. The summed E-state index contributed by atoms with van der Waals surface area (Å²) in [7, 11) is 0. The zero-order valence-electron chi connectivity index (χ0n) is 14.3. The van der Waals surface area contributed by atoms with Crippen molar-refractivity contribution >= 4 is 17.6 Å². The number of rotatable bonds is 4. The first-order valence-electron chi connectivity index (χ1n) is 8.47. The maximum absolute atomic E-state index is 12.4. The number of ether oxygens (including phenoxy) is 3. The maximum Gasteiger partial charge on any atom is 0.338 e. The minimum absolute atomic E-state index is 0.0856. The van der Waals surface area contributed by atoms with Crippen LogP contribution in [-0.2, 0) is 11.3 Å². The van der Waals surface area contributed by atoms with Gasteiger partial charge >= 0.3 is 5.97 Å². The van der Waals surface area contributed by atoms with Crippen LogP contribution in [0.1, 0.15) is 22.7 Å². The lowest BCUT2D eigenvalue weighted by atomic mass is 10.2. The third-order valence-corrected chi connectivity index (χ3v) is 4.26. The molecule has 0 atom stereocenters. The monoisotopic (exact) mass is 385 g/mol. The predicted octanol–water partition coefficient (Wildman–Crippen LogP) is 4.51. The number of hydrogen-bond acceptors (Lipinski definition) is 6. The first-order chi connectivity index (χ1) is 13.2. The van der Waals surface area contributed by atoms with Gasteiger partial charge in [0.15, 0.2) is 23.9 Å². The van der Waals surface area contributed by atoms with E-state index in [0.717, 1.165) is 12.0 Å². The standard InChI is InChI=1S/C20H16ClNO5/c21-15-9-14(10-16-19(15)25-8-4-7-24-16)20(23)26-12-18-22-11-17(27-18)13-5-2-1-3-6-13/h1-3,5-6,9-11H,4,7-8,12H2. The van der Waals surface area contributed by atoms with E-state index in [9.17, 15) is 4.79 Å². The van der Waals surface area contributed by atoms with Gasteiger partial charge in [-0.15, -0.1) is 0 Å². The minimum Gasteiger partial charge on any atom is -0.489 e. The number of hydrogen-bond donors (Lipinski definition) is 0. The van der Waals surface area contributed by atoms with E-state index in [1.54, 1.807) is 12.3 Å². The lowest BCUT2D eigenvalue weighted by Gasteiger charge is -2.11. The van der Waals surface area contributed by atoms with E-state index in [0.29, 0.717) is 41.4 Å². The Kier molecular flexibility index (Phi) is 4.98. The SMILES string of the molecule is O=C(OCc1ncc(-c2ccccc2)o1)c1cc(Cl)c2c(c1)OCCCO2. The number of benzene rings is 2. The van der Waals surface area contributed by atoms with Crippen LogP contribution in [0.4, 0.5) is 0 Å². The molecule has 4 rings (SSSR count). The highest BCUT2D eigenvalue weighted by Crippen LogP contribution is 2.38. The first-order valence-corrected chi connectivity index (χ1v) is 8.85. The second kappa shape index (κ2) is 7.72. The molecule has 6 nitrogen and oxygen atoms in total. The average Bonchev–Trinajstić information content (AvgIpc) is 3.04. The van der Waals surface area contributed by atoms with Crippen molar-refractivity contribution < 1.29 is 23.4 Å². The van der Waals surface area contributed by atoms with E-state index >= 15 is 0 Å². The van der Waals surface area contributed by atoms with E-state index in [2.05, 4.69) is 4.98 Å². The summed E-state index contributed by atoms with van der Waals surface area (Å²) in [6.07, 6.45) is 2.35. The van der Waals surface area contributed by atoms with Crippen LogP contribution in [0.3, 0.4) is 0 Å². The molecule has 0 aliphatic carbocycles. The lowest BCUT2D eigenvalue weighted by molar-refractivity contribution is 0.0438. The Morgan fingerprint density at radius 2 is 1.96 bits per heavy atom. The van der Waals surface area contributed by atoms with Gasteiger partial charge in [-0.1, -0.05) is 41.9 Å². The van der Waals surface area contributed by atoms with Gasteiger partial charge < -0.3 is 18.6 Å². The van der Waals surface area contributed by atoms with Gasteiger partial charge in [0.2, 0.25) is 5.89 Å². The van der Waals surface area contributed by atoms with Gasteiger partial charge in [-0.25, -0.2) is 9.78 Å². The molecule has 27 heavy (non-hydrogen) atoms. The Balaban J connectivity index is 1.45. The maximum atomic E-state index is 12.4. The van der Waals surface area contributed by atoms with Crippen molar-refractivity contribution in [2.75, 3.05) is 13.2 Å². The van der Waals surface area contributed by atoms with Gasteiger partial charge in [-0.3, -0.25) is 0 Å². The Morgan fingerprint density at radius 3 is 2.81 bits per heavy atom. The molecule has 0 radical (unpaired) electrons. The van der Waals surface area contributed by atoms with Crippen molar-refractivity contribution in [2.45, 2.75) is 13.0 Å². The summed E-state index contributed by atoms with van der Waals surface area (Å²) >= 11 is 6.21. The van der Waals surface area contributed by atoms with Crippen LogP contribution in [0, 0.1) is 0 Å². The molecule has 138 valence electrons. The second-order valence-electron chi connectivity index (χ2n) is 5.90. The molecular weight excluding hydrogens is 370 g/mol. The molecule has 1 aliphatic heterocycles. The quantitative estimate of drug-likeness (QED) is 0.615. The fourth-order valence-corrected chi connectivity index (χ4v) is 2.94. The van der Waals surface area contributed by atoms with Crippen molar-refractivity contribution in [1.82, 2.24) is 4.98 Å². The van der Waals surface area contributed by atoms with Gasteiger partial charge in [-0.05, 0) is 12.1 Å². The third kappa shape index (κ3) is 3.90. The summed E-state index contributed by atoms with van der Waals surface area (Å²) in [4.78, 5) is 16.5. The largest absolute Gasteiger partial charge is 0.489 e. The van der Waals surface area contributed by atoms with Crippen LogP contribution in [0.15, 0.2) is 53.1 Å². The number of oxazole rings is 1. The Labute approximate surface area is 160 Å². The molecule has 0 bridgehead atoms. The molecule has 0 unspecified atom stereocenters. The third-order valence-electron chi connectivity index (χ3n) is 3.98. The van der Waals surface area contributed by atoms with Crippen LogP contribution < -0.4 is 9.47 Å². The van der Waals surface area contributed by atoms with Crippen LogP contribution in [-0.4, -0.2) is 24.2 Å². The predicted molar refractivity (Wildman–Crippen MR) is 98.1 cm³/mol. The summed E-state index contributed by atoms with van der Waals surface area (Å²) < 4.78 is 22.1. The average molecular weight is 386 g/mol. The highest BCUT2D eigenvalue weighted by Gasteiger charge is 2.19. The molecule has 2 aromatic carbocycles. The number of carbonyl (C=O) groups excluding carboxylic acids is 1. The van der Waals surface area contributed by atoms with Crippen LogP contribution >= 0.6 is 11.6 Å². The fourth-order valence-electron chi connectivity index (χ4n) is 2.67. The Bertz CT molecular complexity index is 954. The highest BCUT2D eigenvalue weighted by molar-refractivity contribution is 6.32. The molecular formula is C20H16ClNO5. The summed E-state index contributed by atoms with van der Waals surface area (Å²) in [5.74, 6) is 1.26. The lowest BCUT2D eigenvalue weighted by Crippen LogP contribution is -2.06. The molecule has 2 heterocycles. The van der Waals surface area contributed by atoms with E-state index in [4.69, 9.17) is 30.2 Å². The van der Waals surface area contributed by atoms with E-state index in [1.165, 1.54) is 6.07 Å². The van der Waals surface area contributed by atoms with Crippen molar-refractivity contribution in [3.05, 3.63) is 65.1 Å². The molecule has 0 fully saturated rings. The van der Waals surface area contributed by atoms with Crippen LogP contribution in [0.2, 0.25) is 5.02 Å². The molecule has 0 saturated heterocycles. The molecule has 7 heteroatoms. The zero-order chi connectivity index (χ0) is 18.6. The summed E-state index contributed by atoms with van der Waals surface area (Å²) in [6.45, 7) is 0.933. The molecule has 0 N–H and O–H groups in total. The smallest absolute Gasteiger partial charge is 0.338 e. The van der Waals surface area contributed by atoms with Crippen molar-refractivity contribution in [1.29, 1.82) is 0 Å². The molecule has 1 aromatic heterocycles. The molecule has 0 amide bonds. The van der Waals surface area contributed by atoms with Gasteiger partial charge in [0.05, 0.1) is 30.0 Å². The molecule has 1 aliphatic rings. The number of nitrogens with zero attached hydrogens (tertiary/aromatic N) is 1. The van der Waals surface area contributed by atoms with Gasteiger partial charge in [0.25, 0.3) is 0 Å². The van der Waals surface area contributed by atoms with E-state index in [-0.39, 0.29) is 12.2 Å². The van der Waals surface area contributed by atoms with E-state index < -0.39 is 5.97 Å². The first kappa shape index (κ1) is 17.4. The summed E-state index contributed by atoms with van der Waals surface area (Å²) in [6, 6.07) is 12.6. The number of halogens is 1. The number of aromatic nitrogens is 1. The highest BCUT2D eigenvalue weighted by atomic mass is 35.5. The number of carbonyl (C=O) groups is 1. The fraction of sp³-hybridized carbons (Fsp3) is 0.200. The zero-order valence-corrected chi connectivity index (χ0v) is 15.1. The Morgan fingerprint density at radius 1 is 1.15 bits per heavy atom. The van der Waals surface area contributed by atoms with Gasteiger partial charge in [0.1, 0.15) is 0 Å². The van der Waals surface area contributed by atoms with Gasteiger partial charge in [-0.2, -0.15) is 0 Å². The van der Waals surface area contributed by atoms with E-state index in [1.807, 2.05) is 30.3 Å². The van der Waals surface area contributed by atoms with Crippen LogP contribution in [0.5, 0.6) is 11.5 Å². The van der Waals surface area contributed by atoms with Gasteiger partial charge in [0, 0.05) is 12.0 Å². The van der Waals surface area contributed by atoms with Crippen molar-refractivity contribution in [2.24, 2.45) is 0 Å². The molecule has 0 spiro atoms. The van der Waals surface area contributed by atoms with Crippen molar-refractivity contribution in [3.8, 4) is 22.8 Å². The van der Waals surface area contributed by atoms with Crippen molar-refractivity contribution in [3.63, 3.8) is 0 Å². The Hall–Kier alpha value is -2.99. The summed E-state index contributed by atoms with van der Waals surface area (Å²) in [5, 5.41) is 0.309. The minimum atomic E-state index is -0.549. The number of esters is 1. The summed E-state index contributed by atoms with van der Waals surface area (Å²) in [5.41, 5.74) is 1.18. The van der Waals surface area contributed by atoms with Crippen LogP contribution in [0.25, 0.3) is 11.3 Å². The topological polar surface area (TPSA) is 70.8 Å². The normalized spacial score (nSPS) is 13.1. The molecule has 3 aromatic rings. The second-order valence-corrected chi connectivity index (χ2v) is 6.30.